The van der Waals surface area contributed by atoms with Crippen molar-refractivity contribution >= 4 is 0 Å². The average Bonchev–Trinajstić information content (AvgIpc) is 2.80. The van der Waals surface area contributed by atoms with Gasteiger partial charge in [0.25, 0.3) is 0 Å². The van der Waals surface area contributed by atoms with Crippen LogP contribution < -0.4 is 5.32 Å². The van der Waals surface area contributed by atoms with Crippen molar-refractivity contribution in [1.29, 1.82) is 0 Å². The molecule has 3 heteroatoms. The van der Waals surface area contributed by atoms with Crippen LogP contribution in [-0.2, 0) is 4.74 Å². The lowest BCUT2D eigenvalue weighted by molar-refractivity contribution is -0.0220. The topological polar surface area (TPSA) is 24.5 Å². The van der Waals surface area contributed by atoms with Crippen LogP contribution in [-0.4, -0.2) is 49.8 Å². The molecule has 0 aliphatic carbocycles. The van der Waals surface area contributed by atoms with Gasteiger partial charge in [-0.25, -0.2) is 0 Å². The molecule has 3 nitrogen and oxygen atoms in total. The number of hydrogen-bond acceptors (Lipinski definition) is 3. The van der Waals surface area contributed by atoms with Crippen LogP contribution in [0.15, 0.2) is 0 Å². The number of nitrogens with zero attached hydrogens (tertiary/aromatic N) is 1. The van der Waals surface area contributed by atoms with Crippen molar-refractivity contribution in [2.45, 2.75) is 44.2 Å². The quantitative estimate of drug-likeness (QED) is 0.764. The number of hydrogen-bond donors (Lipinski definition) is 1. The summed E-state index contributed by atoms with van der Waals surface area (Å²) in [7, 11) is 0. The third kappa shape index (κ3) is 2.27. The summed E-state index contributed by atoms with van der Waals surface area (Å²) in [5.74, 6) is 0.914. The molecular formula is C13H24N2O. The van der Waals surface area contributed by atoms with Gasteiger partial charge >= 0.3 is 0 Å². The van der Waals surface area contributed by atoms with E-state index in [9.17, 15) is 0 Å². The summed E-state index contributed by atoms with van der Waals surface area (Å²) < 4.78 is 5.87. The molecule has 0 spiro atoms. The second-order valence-corrected chi connectivity index (χ2v) is 5.61. The summed E-state index contributed by atoms with van der Waals surface area (Å²) in [6.45, 7) is 5.92. The van der Waals surface area contributed by atoms with Gasteiger partial charge in [-0.3, -0.25) is 4.90 Å². The zero-order valence-electron chi connectivity index (χ0n) is 10.2. The summed E-state index contributed by atoms with van der Waals surface area (Å²) in [6.07, 6.45) is 7.25. The normalized spacial score (nSPS) is 40.9. The molecule has 3 aliphatic rings. The molecule has 3 atom stereocenters. The number of fused-ring (bicyclic) bond motifs is 1. The van der Waals surface area contributed by atoms with Crippen LogP contribution in [0, 0.1) is 5.92 Å². The van der Waals surface area contributed by atoms with Gasteiger partial charge in [0.1, 0.15) is 0 Å². The summed E-state index contributed by atoms with van der Waals surface area (Å²) in [4.78, 5) is 2.70. The maximum atomic E-state index is 5.87. The molecule has 3 saturated heterocycles. The van der Waals surface area contributed by atoms with Crippen LogP contribution >= 0.6 is 0 Å². The Bertz CT molecular complexity index is 228. The number of piperidine rings is 1. The lowest BCUT2D eigenvalue weighted by atomic mass is 9.91. The van der Waals surface area contributed by atoms with Crippen LogP contribution in [0.1, 0.15) is 32.1 Å². The van der Waals surface area contributed by atoms with E-state index in [0.29, 0.717) is 6.10 Å². The maximum absolute atomic E-state index is 5.87. The number of nitrogens with one attached hydrogen (secondary N) is 1. The van der Waals surface area contributed by atoms with Crippen molar-refractivity contribution in [3.63, 3.8) is 0 Å². The predicted molar refractivity (Wildman–Crippen MR) is 64.5 cm³/mol. The Morgan fingerprint density at radius 1 is 1.12 bits per heavy atom. The molecule has 0 aromatic carbocycles. The van der Waals surface area contributed by atoms with E-state index < -0.39 is 0 Å². The van der Waals surface area contributed by atoms with E-state index in [1.807, 2.05) is 0 Å². The molecular weight excluding hydrogens is 200 g/mol. The largest absolute Gasteiger partial charge is 0.377 e. The fourth-order valence-electron chi connectivity index (χ4n) is 3.60. The number of ether oxygens (including phenoxy) is 1. The fraction of sp³-hybridized carbons (Fsp3) is 1.00. The highest BCUT2D eigenvalue weighted by Gasteiger charge is 2.35. The Labute approximate surface area is 98.5 Å². The second kappa shape index (κ2) is 5.03. The molecule has 0 aromatic heterocycles. The number of likely N-dealkylation sites (tertiary alicyclic amines) is 1. The first kappa shape index (κ1) is 11.0. The molecule has 0 saturated carbocycles. The molecule has 92 valence electrons. The first-order valence-corrected chi connectivity index (χ1v) is 7.00. The molecule has 3 aliphatic heterocycles. The third-order valence-corrected chi connectivity index (χ3v) is 4.51. The molecule has 0 radical (unpaired) electrons. The molecule has 0 aromatic rings. The van der Waals surface area contributed by atoms with E-state index in [1.165, 1.54) is 58.3 Å². The van der Waals surface area contributed by atoms with E-state index in [0.717, 1.165) is 18.6 Å². The van der Waals surface area contributed by atoms with E-state index in [2.05, 4.69) is 10.2 Å². The summed E-state index contributed by atoms with van der Waals surface area (Å²) in [6, 6.07) is 0.805. The highest BCUT2D eigenvalue weighted by atomic mass is 16.5. The number of rotatable bonds is 2. The first-order valence-electron chi connectivity index (χ1n) is 7.00. The Kier molecular flexibility index (Phi) is 3.46. The third-order valence-electron chi connectivity index (χ3n) is 4.51. The highest BCUT2D eigenvalue weighted by molar-refractivity contribution is 4.92. The van der Waals surface area contributed by atoms with Crippen LogP contribution in [0.2, 0.25) is 0 Å². The van der Waals surface area contributed by atoms with Crippen LogP contribution in [0.25, 0.3) is 0 Å². The van der Waals surface area contributed by atoms with E-state index >= 15 is 0 Å². The predicted octanol–water partition coefficient (Wildman–Crippen LogP) is 1.24. The molecule has 0 amide bonds. The lowest BCUT2D eigenvalue weighted by Crippen LogP contribution is -2.48. The van der Waals surface area contributed by atoms with Gasteiger partial charge in [0.05, 0.1) is 6.10 Å². The molecule has 0 bridgehead atoms. The van der Waals surface area contributed by atoms with Crippen molar-refractivity contribution in [2.75, 3.05) is 32.8 Å². The minimum Gasteiger partial charge on any atom is -0.377 e. The Morgan fingerprint density at radius 2 is 2.12 bits per heavy atom. The molecule has 1 N–H and O–H groups in total. The van der Waals surface area contributed by atoms with Crippen LogP contribution in [0.5, 0.6) is 0 Å². The average molecular weight is 224 g/mol. The first-order chi connectivity index (χ1) is 7.93. The smallest absolute Gasteiger partial charge is 0.0702 e. The summed E-state index contributed by atoms with van der Waals surface area (Å²) >= 11 is 0. The minimum atomic E-state index is 0.521. The van der Waals surface area contributed by atoms with Gasteiger partial charge in [-0.15, -0.1) is 0 Å². The van der Waals surface area contributed by atoms with Crippen LogP contribution in [0.3, 0.4) is 0 Å². The SMILES string of the molecule is C1CCC(CN2CCCC3CNCC32)OC1. The summed E-state index contributed by atoms with van der Waals surface area (Å²) in [5.41, 5.74) is 0. The molecule has 3 rings (SSSR count). The second-order valence-electron chi connectivity index (χ2n) is 5.61. The van der Waals surface area contributed by atoms with Crippen molar-refractivity contribution in [1.82, 2.24) is 10.2 Å². The van der Waals surface area contributed by atoms with Crippen molar-refractivity contribution in [3.05, 3.63) is 0 Å². The molecule has 3 heterocycles. The van der Waals surface area contributed by atoms with Gasteiger partial charge < -0.3 is 10.1 Å². The maximum Gasteiger partial charge on any atom is 0.0702 e. The van der Waals surface area contributed by atoms with Gasteiger partial charge in [0, 0.05) is 25.7 Å². The zero-order chi connectivity index (χ0) is 10.8. The minimum absolute atomic E-state index is 0.521. The zero-order valence-corrected chi connectivity index (χ0v) is 10.2. The highest BCUT2D eigenvalue weighted by Crippen LogP contribution is 2.27. The van der Waals surface area contributed by atoms with E-state index in [-0.39, 0.29) is 0 Å². The van der Waals surface area contributed by atoms with Gasteiger partial charge in [-0.2, -0.15) is 0 Å². The Balaban J connectivity index is 1.56. The fourth-order valence-corrected chi connectivity index (χ4v) is 3.60. The van der Waals surface area contributed by atoms with Crippen molar-refractivity contribution < 1.29 is 4.74 Å². The standard InChI is InChI=1S/C13H24N2O/c1-2-7-16-12(5-1)10-15-6-3-4-11-8-14-9-13(11)15/h11-14H,1-10H2. The van der Waals surface area contributed by atoms with Gasteiger partial charge in [0.15, 0.2) is 0 Å². The molecule has 3 fully saturated rings. The van der Waals surface area contributed by atoms with Gasteiger partial charge in [-0.1, -0.05) is 0 Å². The lowest BCUT2D eigenvalue weighted by Gasteiger charge is -2.39. The molecule has 3 unspecified atom stereocenters. The van der Waals surface area contributed by atoms with Gasteiger partial charge in [0.2, 0.25) is 0 Å². The van der Waals surface area contributed by atoms with Crippen LogP contribution in [0.4, 0.5) is 0 Å². The van der Waals surface area contributed by atoms with E-state index in [4.69, 9.17) is 4.74 Å². The van der Waals surface area contributed by atoms with Crippen molar-refractivity contribution in [2.24, 2.45) is 5.92 Å². The van der Waals surface area contributed by atoms with Gasteiger partial charge in [-0.05, 0) is 51.1 Å². The Hall–Kier alpha value is -0.120. The molecule has 16 heavy (non-hydrogen) atoms. The Morgan fingerprint density at radius 3 is 3.00 bits per heavy atom. The summed E-state index contributed by atoms with van der Waals surface area (Å²) in [5, 5.41) is 3.55. The monoisotopic (exact) mass is 224 g/mol. The van der Waals surface area contributed by atoms with E-state index in [1.54, 1.807) is 0 Å². The van der Waals surface area contributed by atoms with Crippen molar-refractivity contribution in [3.8, 4) is 0 Å².